The molecular formula is C22H32N4O3S. The Bertz CT molecular complexity index is 986. The molecule has 2 aromatic rings. The van der Waals surface area contributed by atoms with Gasteiger partial charge in [0.1, 0.15) is 4.90 Å². The number of hydrogen-bond acceptors (Lipinski definition) is 4. The topological polar surface area (TPSA) is 84.3 Å². The van der Waals surface area contributed by atoms with Crippen molar-refractivity contribution in [3.05, 3.63) is 46.8 Å². The summed E-state index contributed by atoms with van der Waals surface area (Å²) in [4.78, 5) is 12.4. The van der Waals surface area contributed by atoms with E-state index in [-0.39, 0.29) is 11.9 Å². The number of aromatic nitrogens is 2. The second-order valence-corrected chi connectivity index (χ2v) is 10.2. The summed E-state index contributed by atoms with van der Waals surface area (Å²) in [7, 11) is -3.55. The molecule has 1 amide bonds. The fraction of sp³-hybridized carbons (Fsp3) is 0.545. The van der Waals surface area contributed by atoms with E-state index in [0.29, 0.717) is 41.5 Å². The number of rotatable bonds is 6. The van der Waals surface area contributed by atoms with Gasteiger partial charge < -0.3 is 5.32 Å². The molecule has 30 heavy (non-hydrogen) atoms. The van der Waals surface area contributed by atoms with E-state index in [1.807, 2.05) is 32.9 Å². The first-order valence-corrected chi connectivity index (χ1v) is 12.1. The SMILES string of the molecule is Cc1nn(Cc2ccc(C(=O)NC(C)C)cc2)c(C)c1S(=O)(=O)N1CCCCCC1. The number of nitrogens with one attached hydrogen (secondary N) is 1. The molecular weight excluding hydrogens is 400 g/mol. The average molecular weight is 433 g/mol. The maximum Gasteiger partial charge on any atom is 0.251 e. The molecule has 1 aromatic heterocycles. The summed E-state index contributed by atoms with van der Waals surface area (Å²) in [6.45, 7) is 9.02. The average Bonchev–Trinajstić information content (AvgIpc) is 2.87. The molecule has 7 nitrogen and oxygen atoms in total. The molecule has 164 valence electrons. The number of amides is 1. The minimum absolute atomic E-state index is 0.0800. The molecule has 0 aliphatic carbocycles. The molecule has 0 saturated carbocycles. The Morgan fingerprint density at radius 2 is 1.67 bits per heavy atom. The normalized spacial score (nSPS) is 15.9. The lowest BCUT2D eigenvalue weighted by molar-refractivity contribution is 0.0943. The first kappa shape index (κ1) is 22.5. The lowest BCUT2D eigenvalue weighted by atomic mass is 10.1. The van der Waals surface area contributed by atoms with Gasteiger partial charge in [0.2, 0.25) is 10.0 Å². The van der Waals surface area contributed by atoms with Gasteiger partial charge in [0.05, 0.1) is 17.9 Å². The lowest BCUT2D eigenvalue weighted by Gasteiger charge is -2.20. The van der Waals surface area contributed by atoms with E-state index in [1.54, 1.807) is 28.0 Å². The summed E-state index contributed by atoms with van der Waals surface area (Å²) in [6, 6.07) is 7.42. The van der Waals surface area contributed by atoms with Crippen molar-refractivity contribution in [2.75, 3.05) is 13.1 Å². The highest BCUT2D eigenvalue weighted by molar-refractivity contribution is 7.89. The summed E-state index contributed by atoms with van der Waals surface area (Å²) in [5, 5.41) is 7.39. The lowest BCUT2D eigenvalue weighted by Crippen LogP contribution is -2.32. The molecule has 1 N–H and O–H groups in total. The number of benzene rings is 1. The van der Waals surface area contributed by atoms with Crippen LogP contribution in [-0.4, -0.2) is 47.5 Å². The van der Waals surface area contributed by atoms with Gasteiger partial charge in [0.15, 0.2) is 0 Å². The third-order valence-electron chi connectivity index (χ3n) is 5.45. The number of nitrogens with zero attached hydrogens (tertiary/aromatic N) is 3. The Hall–Kier alpha value is -2.19. The monoisotopic (exact) mass is 432 g/mol. The molecule has 3 rings (SSSR count). The van der Waals surface area contributed by atoms with Gasteiger partial charge >= 0.3 is 0 Å². The number of hydrogen-bond donors (Lipinski definition) is 1. The van der Waals surface area contributed by atoms with Crippen LogP contribution in [0.1, 0.15) is 66.8 Å². The minimum Gasteiger partial charge on any atom is -0.350 e. The zero-order valence-corrected chi connectivity index (χ0v) is 19.1. The third kappa shape index (κ3) is 4.92. The summed E-state index contributed by atoms with van der Waals surface area (Å²) in [5.74, 6) is -0.103. The molecule has 1 fully saturated rings. The highest BCUT2D eigenvalue weighted by Crippen LogP contribution is 2.26. The van der Waals surface area contributed by atoms with Crippen LogP contribution in [0.15, 0.2) is 29.2 Å². The molecule has 1 saturated heterocycles. The molecule has 1 aromatic carbocycles. The quantitative estimate of drug-likeness (QED) is 0.759. The zero-order valence-electron chi connectivity index (χ0n) is 18.3. The van der Waals surface area contributed by atoms with Gasteiger partial charge in [-0.1, -0.05) is 25.0 Å². The first-order valence-electron chi connectivity index (χ1n) is 10.6. The highest BCUT2D eigenvalue weighted by atomic mass is 32.2. The van der Waals surface area contributed by atoms with Crippen LogP contribution in [0.4, 0.5) is 0 Å². The van der Waals surface area contributed by atoms with Crippen LogP contribution in [0.2, 0.25) is 0 Å². The second-order valence-electron chi connectivity index (χ2n) is 8.30. The van der Waals surface area contributed by atoms with Gasteiger partial charge in [-0.25, -0.2) is 8.42 Å². The van der Waals surface area contributed by atoms with Crippen LogP contribution >= 0.6 is 0 Å². The van der Waals surface area contributed by atoms with Crippen molar-refractivity contribution in [3.8, 4) is 0 Å². The standard InChI is InChI=1S/C22H32N4O3S/c1-16(2)23-22(27)20-11-9-19(10-12-20)15-26-18(4)21(17(3)24-26)30(28,29)25-13-7-5-6-8-14-25/h9-12,16H,5-8,13-15H2,1-4H3,(H,23,27). The minimum atomic E-state index is -3.55. The Labute approximate surface area is 179 Å². The number of carbonyl (C=O) groups is 1. The van der Waals surface area contributed by atoms with Gasteiger partial charge in [-0.15, -0.1) is 0 Å². The van der Waals surface area contributed by atoms with E-state index in [1.165, 1.54) is 0 Å². The van der Waals surface area contributed by atoms with Crippen molar-refractivity contribution in [2.45, 2.75) is 70.9 Å². The fourth-order valence-electron chi connectivity index (χ4n) is 3.90. The Morgan fingerprint density at radius 1 is 1.07 bits per heavy atom. The molecule has 0 atom stereocenters. The van der Waals surface area contributed by atoms with Crippen molar-refractivity contribution in [1.29, 1.82) is 0 Å². The Morgan fingerprint density at radius 3 is 2.23 bits per heavy atom. The predicted molar refractivity (Wildman–Crippen MR) is 117 cm³/mol. The summed E-state index contributed by atoms with van der Waals surface area (Å²) >= 11 is 0. The molecule has 0 bridgehead atoms. The maximum absolute atomic E-state index is 13.3. The van der Waals surface area contributed by atoms with Gasteiger partial charge in [-0.05, 0) is 58.2 Å². The van der Waals surface area contributed by atoms with E-state index >= 15 is 0 Å². The largest absolute Gasteiger partial charge is 0.350 e. The van der Waals surface area contributed by atoms with E-state index in [4.69, 9.17) is 0 Å². The molecule has 0 unspecified atom stereocenters. The molecule has 8 heteroatoms. The summed E-state index contributed by atoms with van der Waals surface area (Å²) in [5.41, 5.74) is 2.74. The molecule has 0 radical (unpaired) electrons. The first-order chi connectivity index (χ1) is 14.2. The van der Waals surface area contributed by atoms with Crippen molar-refractivity contribution < 1.29 is 13.2 Å². The van der Waals surface area contributed by atoms with Crippen molar-refractivity contribution in [3.63, 3.8) is 0 Å². The van der Waals surface area contributed by atoms with E-state index in [9.17, 15) is 13.2 Å². The highest BCUT2D eigenvalue weighted by Gasteiger charge is 2.31. The smallest absolute Gasteiger partial charge is 0.251 e. The van der Waals surface area contributed by atoms with Crippen molar-refractivity contribution in [1.82, 2.24) is 19.4 Å². The Balaban J connectivity index is 1.81. The van der Waals surface area contributed by atoms with Crippen molar-refractivity contribution >= 4 is 15.9 Å². The van der Waals surface area contributed by atoms with Crippen LogP contribution in [0.5, 0.6) is 0 Å². The van der Waals surface area contributed by atoms with E-state index < -0.39 is 10.0 Å². The molecule has 1 aliphatic heterocycles. The summed E-state index contributed by atoms with van der Waals surface area (Å²) in [6.07, 6.45) is 3.97. The van der Waals surface area contributed by atoms with Crippen LogP contribution in [0.25, 0.3) is 0 Å². The van der Waals surface area contributed by atoms with Gasteiger partial charge in [-0.3, -0.25) is 9.48 Å². The summed E-state index contributed by atoms with van der Waals surface area (Å²) < 4.78 is 29.9. The number of carbonyl (C=O) groups excluding carboxylic acids is 1. The van der Waals surface area contributed by atoms with E-state index in [2.05, 4.69) is 10.4 Å². The third-order valence-corrected chi connectivity index (χ3v) is 7.60. The maximum atomic E-state index is 13.3. The predicted octanol–water partition coefficient (Wildman–Crippen LogP) is 3.25. The molecule has 2 heterocycles. The number of aryl methyl sites for hydroxylation is 1. The van der Waals surface area contributed by atoms with Gasteiger partial charge in [0.25, 0.3) is 5.91 Å². The fourth-order valence-corrected chi connectivity index (χ4v) is 5.79. The molecule has 1 aliphatic rings. The Kier molecular flexibility index (Phi) is 6.98. The van der Waals surface area contributed by atoms with Crippen LogP contribution in [-0.2, 0) is 16.6 Å². The van der Waals surface area contributed by atoms with Crippen LogP contribution in [0.3, 0.4) is 0 Å². The number of sulfonamides is 1. The molecule has 0 spiro atoms. The van der Waals surface area contributed by atoms with E-state index in [0.717, 1.165) is 31.2 Å². The van der Waals surface area contributed by atoms with Crippen LogP contribution in [0, 0.1) is 13.8 Å². The van der Waals surface area contributed by atoms with Gasteiger partial charge in [0, 0.05) is 24.7 Å². The van der Waals surface area contributed by atoms with Gasteiger partial charge in [-0.2, -0.15) is 9.40 Å². The zero-order chi connectivity index (χ0) is 21.9. The van der Waals surface area contributed by atoms with Crippen molar-refractivity contribution in [2.24, 2.45) is 0 Å². The van der Waals surface area contributed by atoms with Crippen LogP contribution < -0.4 is 5.32 Å². The second kappa shape index (κ2) is 9.31.